The number of aromatic nitrogens is 1. The van der Waals surface area contributed by atoms with Gasteiger partial charge in [-0.25, -0.2) is 0 Å². The zero-order valence-electron chi connectivity index (χ0n) is 9.15. The quantitative estimate of drug-likeness (QED) is 0.652. The van der Waals surface area contributed by atoms with Gasteiger partial charge in [-0.3, -0.25) is 4.98 Å². The van der Waals surface area contributed by atoms with E-state index in [1.54, 1.807) is 6.20 Å². The van der Waals surface area contributed by atoms with E-state index in [-0.39, 0.29) is 0 Å². The van der Waals surface area contributed by atoms with Crippen LogP contribution in [-0.2, 0) is 0 Å². The lowest BCUT2D eigenvalue weighted by Crippen LogP contribution is -1.90. The molecule has 0 bridgehead atoms. The van der Waals surface area contributed by atoms with Crippen LogP contribution in [0.5, 0.6) is 0 Å². The number of pyridine rings is 1. The molecule has 1 aromatic carbocycles. The van der Waals surface area contributed by atoms with Gasteiger partial charge in [0.05, 0.1) is 15.5 Å². The number of nitrogens with two attached hydrogens (primary N) is 1. The van der Waals surface area contributed by atoms with Crippen molar-refractivity contribution in [2.75, 3.05) is 5.73 Å². The van der Waals surface area contributed by atoms with Gasteiger partial charge in [-0.2, -0.15) is 0 Å². The lowest BCUT2D eigenvalue weighted by Gasteiger charge is -2.07. The van der Waals surface area contributed by atoms with Crippen LogP contribution in [0.4, 0.5) is 5.69 Å². The Bertz CT molecular complexity index is 737. The van der Waals surface area contributed by atoms with Crippen LogP contribution in [0.2, 0.25) is 8.67 Å². The third-order valence-corrected chi connectivity index (χ3v) is 4.24. The van der Waals surface area contributed by atoms with Crippen molar-refractivity contribution in [3.8, 4) is 11.1 Å². The second kappa shape index (κ2) is 4.43. The molecule has 0 atom stereocenters. The number of fused-ring (bicyclic) bond motifs is 1. The Balaban J connectivity index is 2.37. The summed E-state index contributed by atoms with van der Waals surface area (Å²) in [5.74, 6) is 0. The number of benzene rings is 1. The molecule has 5 heteroatoms. The summed E-state index contributed by atoms with van der Waals surface area (Å²) < 4.78 is 1.35. The van der Waals surface area contributed by atoms with Crippen molar-refractivity contribution in [3.05, 3.63) is 45.2 Å². The lowest BCUT2D eigenvalue weighted by atomic mass is 10.0. The van der Waals surface area contributed by atoms with Crippen LogP contribution < -0.4 is 5.73 Å². The van der Waals surface area contributed by atoms with Crippen LogP contribution in [0, 0.1) is 0 Å². The zero-order chi connectivity index (χ0) is 12.7. The Kier molecular flexibility index (Phi) is 2.90. The number of hydrogen-bond donors (Lipinski definition) is 1. The summed E-state index contributed by atoms with van der Waals surface area (Å²) in [6.07, 6.45) is 1.73. The average Bonchev–Trinajstić information content (AvgIpc) is 2.69. The molecule has 0 fully saturated rings. The van der Waals surface area contributed by atoms with Crippen LogP contribution >= 0.6 is 34.5 Å². The maximum absolute atomic E-state index is 6.20. The van der Waals surface area contributed by atoms with Gasteiger partial charge in [-0.1, -0.05) is 35.3 Å². The van der Waals surface area contributed by atoms with E-state index in [4.69, 9.17) is 28.9 Å². The molecule has 2 aromatic heterocycles. The fraction of sp³-hybridized carbons (Fsp3) is 0. The SMILES string of the molecule is Nc1ccc(-c2cc(Cl)sc2Cl)c2cccnc12. The number of nitrogens with zero attached hydrogens (tertiary/aromatic N) is 1. The molecule has 2 N–H and O–H groups in total. The summed E-state index contributed by atoms with van der Waals surface area (Å²) in [6, 6.07) is 9.52. The van der Waals surface area contributed by atoms with Crippen LogP contribution in [-0.4, -0.2) is 4.98 Å². The molecule has 0 saturated carbocycles. The van der Waals surface area contributed by atoms with E-state index in [1.807, 2.05) is 30.3 Å². The fourth-order valence-corrected chi connectivity index (χ4v) is 3.44. The fourth-order valence-electron chi connectivity index (χ4n) is 1.95. The van der Waals surface area contributed by atoms with Crippen LogP contribution in [0.25, 0.3) is 22.0 Å². The van der Waals surface area contributed by atoms with E-state index in [1.165, 1.54) is 11.3 Å². The van der Waals surface area contributed by atoms with Crippen molar-refractivity contribution < 1.29 is 0 Å². The van der Waals surface area contributed by atoms with Crippen molar-refractivity contribution in [1.29, 1.82) is 0 Å². The Morgan fingerprint density at radius 2 is 1.94 bits per heavy atom. The Hall–Kier alpha value is -1.29. The van der Waals surface area contributed by atoms with E-state index < -0.39 is 0 Å². The number of rotatable bonds is 1. The molecule has 0 aliphatic rings. The van der Waals surface area contributed by atoms with Gasteiger partial charge >= 0.3 is 0 Å². The predicted molar refractivity (Wildman–Crippen MR) is 79.5 cm³/mol. The van der Waals surface area contributed by atoms with Gasteiger partial charge in [0.25, 0.3) is 0 Å². The second-order valence-corrected chi connectivity index (χ2v) is 6.13. The van der Waals surface area contributed by atoms with E-state index >= 15 is 0 Å². The third kappa shape index (κ3) is 1.85. The molecule has 0 saturated heterocycles. The van der Waals surface area contributed by atoms with Crippen molar-refractivity contribution in [2.45, 2.75) is 0 Å². The van der Waals surface area contributed by atoms with E-state index in [2.05, 4.69) is 4.98 Å². The Morgan fingerprint density at radius 1 is 1.11 bits per heavy atom. The molecule has 0 unspecified atom stereocenters. The van der Waals surface area contributed by atoms with Crippen LogP contribution in [0.3, 0.4) is 0 Å². The van der Waals surface area contributed by atoms with E-state index in [9.17, 15) is 0 Å². The van der Waals surface area contributed by atoms with Crippen molar-refractivity contribution in [2.24, 2.45) is 0 Å². The minimum Gasteiger partial charge on any atom is -0.397 e. The third-order valence-electron chi connectivity index (χ3n) is 2.75. The van der Waals surface area contributed by atoms with Gasteiger partial charge in [-0.05, 0) is 23.8 Å². The van der Waals surface area contributed by atoms with Gasteiger partial charge in [-0.15, -0.1) is 11.3 Å². The van der Waals surface area contributed by atoms with Gasteiger partial charge in [0.1, 0.15) is 4.34 Å². The Labute approximate surface area is 118 Å². The Morgan fingerprint density at radius 3 is 2.67 bits per heavy atom. The summed E-state index contributed by atoms with van der Waals surface area (Å²) in [7, 11) is 0. The van der Waals surface area contributed by atoms with Gasteiger partial charge in [0.2, 0.25) is 0 Å². The zero-order valence-corrected chi connectivity index (χ0v) is 11.5. The molecule has 18 heavy (non-hydrogen) atoms. The number of anilines is 1. The summed E-state index contributed by atoms with van der Waals surface area (Å²) in [5.41, 5.74) is 9.29. The normalized spacial score (nSPS) is 11.0. The summed E-state index contributed by atoms with van der Waals surface area (Å²) in [4.78, 5) is 4.31. The minimum absolute atomic E-state index is 0.659. The molecule has 2 heterocycles. The molecular formula is C13H8Cl2N2S. The van der Waals surface area contributed by atoms with Gasteiger partial charge in [0, 0.05) is 17.1 Å². The van der Waals surface area contributed by atoms with Crippen molar-refractivity contribution in [3.63, 3.8) is 0 Å². The average molecular weight is 295 g/mol. The molecule has 90 valence electrons. The van der Waals surface area contributed by atoms with Crippen LogP contribution in [0.1, 0.15) is 0 Å². The maximum Gasteiger partial charge on any atom is 0.102 e. The standard InChI is InChI=1S/C13H8Cl2N2S/c14-11-6-9(13(15)18-11)7-3-4-10(16)12-8(7)2-1-5-17-12/h1-6H,16H2. The first-order valence-electron chi connectivity index (χ1n) is 5.25. The highest BCUT2D eigenvalue weighted by atomic mass is 35.5. The highest BCUT2D eigenvalue weighted by Gasteiger charge is 2.12. The molecule has 0 spiro atoms. The number of thiophene rings is 1. The largest absolute Gasteiger partial charge is 0.397 e. The molecule has 3 aromatic rings. The second-order valence-electron chi connectivity index (χ2n) is 3.84. The summed E-state index contributed by atoms with van der Waals surface area (Å²) in [6.45, 7) is 0. The smallest absolute Gasteiger partial charge is 0.102 e. The number of nitrogen functional groups attached to an aromatic ring is 1. The highest BCUT2D eigenvalue weighted by molar-refractivity contribution is 7.20. The number of hydrogen-bond acceptors (Lipinski definition) is 3. The van der Waals surface area contributed by atoms with Crippen molar-refractivity contribution >= 4 is 51.1 Å². The molecule has 0 aliphatic carbocycles. The highest BCUT2D eigenvalue weighted by Crippen LogP contribution is 2.41. The molecule has 3 rings (SSSR count). The molecule has 0 aliphatic heterocycles. The van der Waals surface area contributed by atoms with Crippen molar-refractivity contribution in [1.82, 2.24) is 4.98 Å². The first kappa shape index (κ1) is 11.8. The lowest BCUT2D eigenvalue weighted by molar-refractivity contribution is 1.41. The monoisotopic (exact) mass is 294 g/mol. The summed E-state index contributed by atoms with van der Waals surface area (Å²) >= 11 is 13.5. The molecule has 0 radical (unpaired) electrons. The minimum atomic E-state index is 0.659. The predicted octanol–water partition coefficient (Wildman–Crippen LogP) is 4.85. The maximum atomic E-state index is 6.20. The van der Waals surface area contributed by atoms with Crippen LogP contribution in [0.15, 0.2) is 36.5 Å². The van der Waals surface area contributed by atoms with Gasteiger partial charge in [0.15, 0.2) is 0 Å². The molecule has 2 nitrogen and oxygen atoms in total. The number of halogens is 2. The first-order valence-corrected chi connectivity index (χ1v) is 6.82. The molecular weight excluding hydrogens is 287 g/mol. The van der Waals surface area contributed by atoms with E-state index in [0.29, 0.717) is 14.4 Å². The summed E-state index contributed by atoms with van der Waals surface area (Å²) in [5, 5.41) is 0.980. The molecule has 0 amide bonds. The first-order chi connectivity index (χ1) is 8.66. The van der Waals surface area contributed by atoms with Gasteiger partial charge < -0.3 is 5.73 Å². The topological polar surface area (TPSA) is 38.9 Å². The van der Waals surface area contributed by atoms with E-state index in [0.717, 1.165) is 22.0 Å².